The molecule has 260 valence electrons. The molecule has 0 aliphatic rings. The number of sulfone groups is 1. The van der Waals surface area contributed by atoms with Crippen molar-refractivity contribution in [2.24, 2.45) is 10.6 Å². The molecule has 0 heterocycles. The molecule has 14 nitrogen and oxygen atoms in total. The molecule has 0 saturated carbocycles. The van der Waals surface area contributed by atoms with Crippen LogP contribution in [0.4, 0.5) is 22.7 Å². The third-order valence-corrected chi connectivity index (χ3v) is 9.86. The van der Waals surface area contributed by atoms with E-state index in [4.69, 9.17) is 0 Å². The number of nitro benzene ring substituents is 2. The molecule has 2 aromatic carbocycles. The van der Waals surface area contributed by atoms with Crippen molar-refractivity contribution in [2.45, 2.75) is 126 Å². The minimum absolute atomic E-state index is 0.124. The Bertz CT molecular complexity index is 1320. The highest BCUT2D eigenvalue weighted by atomic mass is 32.2. The maximum atomic E-state index is 13.5. The molecule has 0 amide bonds. The molecule has 2 rings (SSSR count). The van der Waals surface area contributed by atoms with Gasteiger partial charge in [0.15, 0.2) is 0 Å². The number of benzene rings is 2. The highest BCUT2D eigenvalue weighted by Crippen LogP contribution is 2.36. The lowest BCUT2D eigenvalue weighted by atomic mass is 10.1. The van der Waals surface area contributed by atoms with Gasteiger partial charge in [0.1, 0.15) is 11.4 Å². The molecule has 15 heteroatoms. The fourth-order valence-electron chi connectivity index (χ4n) is 5.41. The molecular weight excluding hydrogens is 628 g/mol. The van der Waals surface area contributed by atoms with Gasteiger partial charge in [-0.25, -0.2) is 18.4 Å². The first-order valence-corrected chi connectivity index (χ1v) is 18.1. The number of anilines is 2. The summed E-state index contributed by atoms with van der Waals surface area (Å²) in [6.45, 7) is 4.54. The first-order chi connectivity index (χ1) is 22.6. The van der Waals surface area contributed by atoms with Gasteiger partial charge in [-0.1, -0.05) is 104 Å². The van der Waals surface area contributed by atoms with E-state index in [2.05, 4.69) is 24.4 Å². The monoisotopic (exact) mass is 676 g/mol. The third-order valence-electron chi connectivity index (χ3n) is 8.11. The zero-order valence-corrected chi connectivity index (χ0v) is 28.4. The van der Waals surface area contributed by atoms with Crippen molar-refractivity contribution < 1.29 is 18.3 Å². The number of nitroso groups, excluding NO2 is 2. The minimum atomic E-state index is -4.48. The molecule has 0 radical (unpaired) electrons. The molecule has 0 aliphatic carbocycles. The summed E-state index contributed by atoms with van der Waals surface area (Å²) >= 11 is 0. The van der Waals surface area contributed by atoms with Crippen LogP contribution < -0.4 is 10.0 Å². The Morgan fingerprint density at radius 3 is 1.19 bits per heavy atom. The lowest BCUT2D eigenvalue weighted by Crippen LogP contribution is -2.19. The molecule has 0 unspecified atom stereocenters. The predicted molar refractivity (Wildman–Crippen MR) is 183 cm³/mol. The number of nitrogens with zero attached hydrogens (tertiary/aromatic N) is 6. The largest absolute Gasteiger partial charge is 0.295 e. The van der Waals surface area contributed by atoms with Gasteiger partial charge in [-0.05, 0) is 37.1 Å². The third kappa shape index (κ3) is 12.3. The van der Waals surface area contributed by atoms with E-state index >= 15 is 0 Å². The summed E-state index contributed by atoms with van der Waals surface area (Å²) in [5.41, 5.74) is -1.58. The minimum Gasteiger partial charge on any atom is -0.258 e. The maximum Gasteiger partial charge on any atom is 0.295 e. The van der Waals surface area contributed by atoms with Gasteiger partial charge in [-0.2, -0.15) is 0 Å². The van der Waals surface area contributed by atoms with Crippen LogP contribution in [-0.4, -0.2) is 31.4 Å². The molecule has 0 fully saturated rings. The van der Waals surface area contributed by atoms with Crippen LogP contribution in [-0.2, 0) is 9.84 Å². The smallest absolute Gasteiger partial charge is 0.258 e. The van der Waals surface area contributed by atoms with Crippen LogP contribution in [0.15, 0.2) is 56.8 Å². The average Bonchev–Trinajstić information content (AvgIpc) is 3.06. The van der Waals surface area contributed by atoms with E-state index in [9.17, 15) is 38.5 Å². The van der Waals surface area contributed by atoms with E-state index in [0.29, 0.717) is 12.8 Å². The number of nitro groups is 2. The van der Waals surface area contributed by atoms with Crippen LogP contribution in [0.5, 0.6) is 0 Å². The Morgan fingerprint density at radius 1 is 0.574 bits per heavy atom. The van der Waals surface area contributed by atoms with Gasteiger partial charge in [-0.3, -0.25) is 20.2 Å². The highest BCUT2D eigenvalue weighted by molar-refractivity contribution is 7.91. The van der Waals surface area contributed by atoms with Crippen LogP contribution >= 0.6 is 0 Å². The highest BCUT2D eigenvalue weighted by Gasteiger charge is 2.29. The number of unbranched alkanes of at least 4 members (excludes halogenated alkanes) is 14. The van der Waals surface area contributed by atoms with Gasteiger partial charge < -0.3 is 0 Å². The van der Waals surface area contributed by atoms with E-state index in [1.807, 2.05) is 0 Å². The van der Waals surface area contributed by atoms with Crippen molar-refractivity contribution >= 4 is 32.6 Å². The van der Waals surface area contributed by atoms with Gasteiger partial charge in [0.05, 0.1) is 30.2 Å². The number of hydrogen-bond donors (Lipinski definition) is 0. The quantitative estimate of drug-likeness (QED) is 0.0402. The van der Waals surface area contributed by atoms with E-state index in [1.54, 1.807) is 0 Å². The fraction of sp³-hybridized carbons (Fsp3) is 0.625. The Morgan fingerprint density at radius 2 is 0.894 bits per heavy atom. The van der Waals surface area contributed by atoms with Crippen LogP contribution in [0.25, 0.3) is 0 Å². The average molecular weight is 677 g/mol. The van der Waals surface area contributed by atoms with Crippen LogP contribution in [0.1, 0.15) is 117 Å². The SMILES string of the molecule is CCCCCCCCCCN(N=O)c1ccc(S(=O)(=O)c2ccc(N(CCCCCCCCCC)N=O)c([N+](=O)[O-])c2)cc1[N+](=O)[O-]. The fourth-order valence-corrected chi connectivity index (χ4v) is 6.71. The first kappa shape index (κ1) is 39.2. The molecule has 0 aromatic heterocycles. The Labute approximate surface area is 277 Å². The van der Waals surface area contributed by atoms with E-state index in [1.165, 1.54) is 25.7 Å². The summed E-state index contributed by atoms with van der Waals surface area (Å²) in [7, 11) is -4.48. The second-order valence-corrected chi connectivity index (χ2v) is 13.6. The van der Waals surface area contributed by atoms with Crippen molar-refractivity contribution in [3.05, 3.63) is 66.4 Å². The summed E-state index contributed by atoms with van der Waals surface area (Å²) in [4.78, 5) is 44.6. The lowest BCUT2D eigenvalue weighted by molar-refractivity contribution is -0.384. The summed E-state index contributed by atoms with van der Waals surface area (Å²) in [6.07, 6.45) is 16.1. The van der Waals surface area contributed by atoms with E-state index in [0.717, 1.165) is 111 Å². The van der Waals surface area contributed by atoms with Crippen LogP contribution in [0.3, 0.4) is 0 Å². The van der Waals surface area contributed by atoms with Gasteiger partial charge in [0.25, 0.3) is 11.4 Å². The zero-order valence-electron chi connectivity index (χ0n) is 27.5. The molecule has 0 bridgehead atoms. The number of hydrogen-bond acceptors (Lipinski definition) is 10. The van der Waals surface area contributed by atoms with E-state index < -0.39 is 40.8 Å². The van der Waals surface area contributed by atoms with E-state index in [-0.39, 0.29) is 24.5 Å². The Balaban J connectivity index is 2.21. The van der Waals surface area contributed by atoms with Crippen molar-refractivity contribution in [2.75, 3.05) is 23.1 Å². The van der Waals surface area contributed by atoms with Crippen molar-refractivity contribution in [1.82, 2.24) is 0 Å². The molecule has 0 spiro atoms. The van der Waals surface area contributed by atoms with Crippen LogP contribution in [0, 0.1) is 30.0 Å². The second kappa shape index (κ2) is 21.0. The predicted octanol–water partition coefficient (Wildman–Crippen LogP) is 9.59. The van der Waals surface area contributed by atoms with Crippen LogP contribution in [0.2, 0.25) is 0 Å². The summed E-state index contributed by atoms with van der Waals surface area (Å²) in [6, 6.07) is 6.12. The van der Waals surface area contributed by atoms with Gasteiger partial charge in [0, 0.05) is 25.2 Å². The van der Waals surface area contributed by atoms with Gasteiger partial charge in [0.2, 0.25) is 9.84 Å². The maximum absolute atomic E-state index is 13.5. The number of rotatable bonds is 26. The molecule has 47 heavy (non-hydrogen) atoms. The molecule has 0 N–H and O–H groups in total. The second-order valence-electron chi connectivity index (χ2n) is 11.7. The topological polar surface area (TPSA) is 186 Å². The molecule has 2 aromatic rings. The standard InChI is InChI=1S/C32H48N6O8S/c1-3-5-7-9-11-13-15-17-23-35(33-39)29-21-19-27(25-31(29)37(41)42)47(45,46)28-20-22-30(32(26-28)38(43)44)36(34-40)24-18-16-14-12-10-8-6-4-2/h19-22,25-26H,3-18,23-24H2,1-2H3. The van der Waals surface area contributed by atoms with Crippen molar-refractivity contribution in [3.8, 4) is 0 Å². The molecular formula is C32H48N6O8S. The lowest BCUT2D eigenvalue weighted by Gasteiger charge is -2.17. The summed E-state index contributed by atoms with van der Waals surface area (Å²) in [5, 5.41) is 31.7. The summed E-state index contributed by atoms with van der Waals surface area (Å²) < 4.78 is 27.0. The van der Waals surface area contributed by atoms with Crippen molar-refractivity contribution in [1.29, 1.82) is 0 Å². The van der Waals surface area contributed by atoms with Gasteiger partial charge >= 0.3 is 0 Å². The zero-order chi connectivity index (χ0) is 34.7. The first-order valence-electron chi connectivity index (χ1n) is 16.7. The molecule has 0 aliphatic heterocycles. The molecule has 0 atom stereocenters. The van der Waals surface area contributed by atoms with Gasteiger partial charge in [-0.15, -0.1) is 9.81 Å². The normalized spacial score (nSPS) is 11.3. The Kier molecular flexibility index (Phi) is 17.5. The molecule has 0 saturated heterocycles. The Hall–Kier alpha value is -4.01. The summed E-state index contributed by atoms with van der Waals surface area (Å²) in [5.74, 6) is 0. The van der Waals surface area contributed by atoms with Crippen molar-refractivity contribution in [3.63, 3.8) is 0 Å².